The number of rotatable bonds is 3. The van der Waals surface area contributed by atoms with Gasteiger partial charge in [0.15, 0.2) is 0 Å². The summed E-state index contributed by atoms with van der Waals surface area (Å²) >= 11 is 0. The highest BCUT2D eigenvalue weighted by Crippen LogP contribution is 2.44. The molecule has 0 spiro atoms. The molecule has 1 aliphatic heterocycles. The number of carbonyl (C=O) groups is 1. The number of hydrogen-bond acceptors (Lipinski definition) is 3. The van der Waals surface area contributed by atoms with Gasteiger partial charge in [-0.2, -0.15) is 5.10 Å². The molecule has 0 bridgehead atoms. The van der Waals surface area contributed by atoms with E-state index in [1.54, 1.807) is 0 Å². The van der Waals surface area contributed by atoms with Gasteiger partial charge in [0.25, 0.3) is 5.72 Å². The van der Waals surface area contributed by atoms with Crippen molar-refractivity contribution in [3.8, 4) is 22.5 Å². The van der Waals surface area contributed by atoms with Crippen molar-refractivity contribution in [1.29, 1.82) is 0 Å². The van der Waals surface area contributed by atoms with E-state index in [0.717, 1.165) is 33.6 Å². The lowest BCUT2D eigenvalue weighted by Gasteiger charge is -2.34. The Morgan fingerprint density at radius 1 is 0.636 bits per heavy atom. The average Bonchev–Trinajstić information content (AvgIpc) is 3.31. The summed E-state index contributed by atoms with van der Waals surface area (Å²) in [4.78, 5) is 13.5. The quantitative estimate of drug-likeness (QED) is 0.324. The number of ether oxygens (including phenoxy) is 1. The smallest absolute Gasteiger partial charge is 0.341 e. The zero-order valence-corrected chi connectivity index (χ0v) is 17.8. The Morgan fingerprint density at radius 3 is 1.76 bits per heavy atom. The van der Waals surface area contributed by atoms with E-state index in [0.29, 0.717) is 5.56 Å². The first-order valence-corrected chi connectivity index (χ1v) is 10.9. The van der Waals surface area contributed by atoms with Crippen LogP contribution in [0.25, 0.3) is 22.5 Å². The maximum absolute atomic E-state index is 13.5. The minimum Gasteiger partial charge on any atom is -0.424 e. The van der Waals surface area contributed by atoms with Gasteiger partial charge in [0.2, 0.25) is 0 Å². The van der Waals surface area contributed by atoms with Gasteiger partial charge in [-0.3, -0.25) is 0 Å². The van der Waals surface area contributed by atoms with E-state index in [1.807, 2.05) is 126 Å². The van der Waals surface area contributed by atoms with Gasteiger partial charge in [0.05, 0.1) is 17.0 Å². The lowest BCUT2D eigenvalue weighted by Crippen LogP contribution is -2.41. The average molecular weight is 428 g/mol. The third kappa shape index (κ3) is 2.99. The minimum absolute atomic E-state index is 0.384. The number of benzene rings is 4. The zero-order chi connectivity index (χ0) is 22.3. The Hall–Kier alpha value is -4.44. The Kier molecular flexibility index (Phi) is 4.44. The van der Waals surface area contributed by atoms with Gasteiger partial charge in [-0.25, -0.2) is 9.48 Å². The molecule has 0 radical (unpaired) electrons. The molecule has 158 valence electrons. The normalized spacial score (nSPS) is 14.0. The molecule has 0 unspecified atom stereocenters. The molecule has 0 atom stereocenters. The van der Waals surface area contributed by atoms with Crippen LogP contribution < -0.4 is 0 Å². The van der Waals surface area contributed by atoms with Crippen molar-refractivity contribution >= 4 is 5.97 Å². The van der Waals surface area contributed by atoms with Gasteiger partial charge in [0, 0.05) is 22.3 Å². The van der Waals surface area contributed by atoms with E-state index in [2.05, 4.69) is 0 Å². The number of hydrogen-bond donors (Lipinski definition) is 0. The Balaban J connectivity index is 1.74. The number of nitrogens with zero attached hydrogens (tertiary/aromatic N) is 2. The monoisotopic (exact) mass is 428 g/mol. The van der Waals surface area contributed by atoms with Crippen LogP contribution in [0, 0.1) is 0 Å². The van der Waals surface area contributed by atoms with E-state index in [9.17, 15) is 4.79 Å². The molecule has 33 heavy (non-hydrogen) atoms. The van der Waals surface area contributed by atoms with Crippen LogP contribution >= 0.6 is 0 Å². The molecule has 1 aliphatic rings. The van der Waals surface area contributed by atoms with Gasteiger partial charge in [-0.1, -0.05) is 109 Å². The summed E-state index contributed by atoms with van der Waals surface area (Å²) < 4.78 is 8.30. The molecule has 0 fully saturated rings. The fourth-order valence-electron chi connectivity index (χ4n) is 4.54. The number of esters is 1. The molecule has 0 amide bonds. The lowest BCUT2D eigenvalue weighted by molar-refractivity contribution is -0.0190. The molecule has 0 saturated carbocycles. The van der Waals surface area contributed by atoms with Crippen molar-refractivity contribution in [3.05, 3.63) is 138 Å². The van der Waals surface area contributed by atoms with Crippen molar-refractivity contribution in [2.75, 3.05) is 0 Å². The van der Waals surface area contributed by atoms with Crippen molar-refractivity contribution in [2.24, 2.45) is 0 Å². The summed E-state index contributed by atoms with van der Waals surface area (Å²) in [6.45, 7) is 0. The van der Waals surface area contributed by atoms with Gasteiger partial charge in [-0.05, 0) is 12.1 Å². The van der Waals surface area contributed by atoms with Gasteiger partial charge in [-0.15, -0.1) is 0 Å². The zero-order valence-electron chi connectivity index (χ0n) is 17.8. The predicted molar refractivity (Wildman–Crippen MR) is 128 cm³/mol. The predicted octanol–water partition coefficient (Wildman–Crippen LogP) is 6.14. The van der Waals surface area contributed by atoms with E-state index in [1.165, 1.54) is 0 Å². The summed E-state index contributed by atoms with van der Waals surface area (Å²) in [5, 5.41) is 5.06. The van der Waals surface area contributed by atoms with Gasteiger partial charge in [0.1, 0.15) is 0 Å². The molecule has 4 nitrogen and oxygen atoms in total. The second-order valence-corrected chi connectivity index (χ2v) is 8.00. The van der Waals surface area contributed by atoms with Crippen LogP contribution in [0.5, 0.6) is 0 Å². The maximum Gasteiger partial charge on any atom is 0.341 e. The first-order chi connectivity index (χ1) is 16.3. The van der Waals surface area contributed by atoms with Crippen LogP contribution in [0.3, 0.4) is 0 Å². The van der Waals surface area contributed by atoms with E-state index in [4.69, 9.17) is 9.84 Å². The molecule has 4 heteroatoms. The molecular weight excluding hydrogens is 408 g/mol. The van der Waals surface area contributed by atoms with Gasteiger partial charge >= 0.3 is 5.97 Å². The third-order valence-electron chi connectivity index (χ3n) is 6.07. The van der Waals surface area contributed by atoms with Crippen LogP contribution in [-0.4, -0.2) is 15.7 Å². The summed E-state index contributed by atoms with van der Waals surface area (Å²) in [7, 11) is 0. The molecule has 2 heterocycles. The maximum atomic E-state index is 13.5. The summed E-state index contributed by atoms with van der Waals surface area (Å²) in [5.41, 5.74) is 4.33. The first-order valence-electron chi connectivity index (χ1n) is 10.9. The highest BCUT2D eigenvalue weighted by molar-refractivity contribution is 5.98. The highest BCUT2D eigenvalue weighted by Gasteiger charge is 2.46. The van der Waals surface area contributed by atoms with Crippen molar-refractivity contribution in [2.45, 2.75) is 5.72 Å². The van der Waals surface area contributed by atoms with E-state index in [-0.39, 0.29) is 5.97 Å². The topological polar surface area (TPSA) is 44.1 Å². The van der Waals surface area contributed by atoms with E-state index < -0.39 is 5.72 Å². The Bertz CT molecular complexity index is 1400. The largest absolute Gasteiger partial charge is 0.424 e. The molecule has 6 rings (SSSR count). The summed E-state index contributed by atoms with van der Waals surface area (Å²) in [5.74, 6) is -0.384. The number of fused-ring (bicyclic) bond motifs is 3. The lowest BCUT2D eigenvalue weighted by atomic mass is 9.93. The van der Waals surface area contributed by atoms with Crippen LogP contribution in [0.2, 0.25) is 0 Å². The van der Waals surface area contributed by atoms with E-state index >= 15 is 0 Å². The number of cyclic esters (lactones) is 1. The molecule has 0 saturated heterocycles. The molecule has 1 aromatic heterocycles. The molecule has 5 aromatic rings. The van der Waals surface area contributed by atoms with Crippen molar-refractivity contribution in [1.82, 2.24) is 9.78 Å². The standard InChI is InChI=1S/C29H20N2O2/c32-28-25-19-11-10-18-24(25)27-20-26(21-12-4-1-5-13-21)30-31(27)29(33-28,22-14-6-2-7-15-22)23-16-8-3-9-17-23/h1-20H. The molecule has 4 aromatic carbocycles. The van der Waals surface area contributed by atoms with Crippen LogP contribution in [0.4, 0.5) is 0 Å². The van der Waals surface area contributed by atoms with Crippen molar-refractivity contribution < 1.29 is 9.53 Å². The Labute approximate surface area is 191 Å². The van der Waals surface area contributed by atoms with Crippen LogP contribution in [0.15, 0.2) is 121 Å². The number of carbonyl (C=O) groups excluding carboxylic acids is 1. The highest BCUT2D eigenvalue weighted by atomic mass is 16.6. The second-order valence-electron chi connectivity index (χ2n) is 8.00. The SMILES string of the molecule is O=C1OC(c2ccccc2)(c2ccccc2)n2nc(-c3ccccc3)cc2-c2ccccc21. The Morgan fingerprint density at radius 2 is 1.15 bits per heavy atom. The fraction of sp³-hybridized carbons (Fsp3) is 0.0345. The molecular formula is C29H20N2O2. The summed E-state index contributed by atoms with van der Waals surface area (Å²) in [6.07, 6.45) is 0. The third-order valence-corrected chi connectivity index (χ3v) is 6.07. The fourth-order valence-corrected chi connectivity index (χ4v) is 4.54. The summed E-state index contributed by atoms with van der Waals surface area (Å²) in [6, 6.07) is 39.3. The first kappa shape index (κ1) is 19.3. The molecule has 0 aliphatic carbocycles. The minimum atomic E-state index is -1.26. The van der Waals surface area contributed by atoms with Crippen molar-refractivity contribution in [3.63, 3.8) is 0 Å². The van der Waals surface area contributed by atoms with Gasteiger partial charge < -0.3 is 4.74 Å². The van der Waals surface area contributed by atoms with Crippen LogP contribution in [0.1, 0.15) is 21.5 Å². The molecule has 0 N–H and O–H groups in total. The van der Waals surface area contributed by atoms with Crippen LogP contribution in [-0.2, 0) is 10.5 Å². The second kappa shape index (κ2) is 7.61. The number of aromatic nitrogens is 2.